The number of hydrogen-bond donors (Lipinski definition) is 4. The van der Waals surface area contributed by atoms with E-state index in [1.54, 1.807) is 0 Å². The lowest BCUT2D eigenvalue weighted by Gasteiger charge is -2.31. The van der Waals surface area contributed by atoms with Crippen LogP contribution in [-0.2, 0) is 14.4 Å². The van der Waals surface area contributed by atoms with Gasteiger partial charge in [-0.15, -0.1) is 0 Å². The van der Waals surface area contributed by atoms with Crippen molar-refractivity contribution in [3.8, 4) is 0 Å². The zero-order valence-corrected chi connectivity index (χ0v) is 15.4. The fourth-order valence-electron chi connectivity index (χ4n) is 4.11. The minimum absolute atomic E-state index is 0.166. The maximum Gasteiger partial charge on any atom is 0.260 e. The van der Waals surface area contributed by atoms with Crippen molar-refractivity contribution in [2.45, 2.75) is 81.9 Å². The van der Waals surface area contributed by atoms with Gasteiger partial charge in [0.2, 0.25) is 17.7 Å². The summed E-state index contributed by atoms with van der Waals surface area (Å²) < 4.78 is 26.4. The van der Waals surface area contributed by atoms with Crippen LogP contribution in [0.2, 0.25) is 0 Å². The molecule has 3 aliphatic carbocycles. The first-order valence-corrected chi connectivity index (χ1v) is 9.46. The van der Waals surface area contributed by atoms with Crippen molar-refractivity contribution in [1.82, 2.24) is 10.6 Å². The van der Waals surface area contributed by atoms with Gasteiger partial charge >= 0.3 is 0 Å². The molecule has 0 aliphatic heterocycles. The predicted molar refractivity (Wildman–Crippen MR) is 91.5 cm³/mol. The molecule has 3 atom stereocenters. The monoisotopic (exact) mass is 387 g/mol. The summed E-state index contributed by atoms with van der Waals surface area (Å²) in [6, 6.07) is -0.991. The molecule has 0 spiro atoms. The summed E-state index contributed by atoms with van der Waals surface area (Å²) >= 11 is 0. The molecule has 3 saturated carbocycles. The van der Waals surface area contributed by atoms with Crippen molar-refractivity contribution in [2.24, 2.45) is 17.1 Å². The van der Waals surface area contributed by atoms with Gasteiger partial charge in [-0.1, -0.05) is 19.8 Å². The molecule has 2 unspecified atom stereocenters. The molecular weight excluding hydrogens is 360 g/mol. The first-order chi connectivity index (χ1) is 12.5. The van der Waals surface area contributed by atoms with Gasteiger partial charge < -0.3 is 21.5 Å². The van der Waals surface area contributed by atoms with Gasteiger partial charge in [-0.25, -0.2) is 8.78 Å². The van der Waals surface area contributed by atoms with Crippen molar-refractivity contribution in [2.75, 3.05) is 0 Å². The quantitative estimate of drug-likeness (QED) is 0.487. The van der Waals surface area contributed by atoms with Crippen LogP contribution >= 0.6 is 0 Å². The molecule has 3 aliphatic rings. The van der Waals surface area contributed by atoms with Crippen LogP contribution in [0, 0.1) is 11.3 Å². The zero-order chi connectivity index (χ0) is 20.0. The fourth-order valence-corrected chi connectivity index (χ4v) is 4.11. The second-order valence-corrected chi connectivity index (χ2v) is 8.75. The number of amides is 3. The third kappa shape index (κ3) is 4.23. The summed E-state index contributed by atoms with van der Waals surface area (Å²) in [6.07, 6.45) is 2.90. The molecule has 3 amide bonds. The first-order valence-electron chi connectivity index (χ1n) is 9.46. The molecular formula is C18H27F2N3O4. The Balaban J connectivity index is 1.69. The Labute approximate surface area is 156 Å². The van der Waals surface area contributed by atoms with E-state index in [2.05, 4.69) is 10.6 Å². The Morgan fingerprint density at radius 2 is 1.74 bits per heavy atom. The molecule has 152 valence electrons. The van der Waals surface area contributed by atoms with Gasteiger partial charge in [-0.2, -0.15) is 0 Å². The second-order valence-electron chi connectivity index (χ2n) is 8.75. The normalized spacial score (nSPS) is 28.7. The number of hydrogen-bond acceptors (Lipinski definition) is 4. The fraction of sp³-hybridized carbons (Fsp3) is 0.833. The van der Waals surface area contributed by atoms with Gasteiger partial charge in [-0.3, -0.25) is 14.4 Å². The highest BCUT2D eigenvalue weighted by atomic mass is 19.3. The topological polar surface area (TPSA) is 122 Å². The van der Waals surface area contributed by atoms with Crippen molar-refractivity contribution in [3.63, 3.8) is 0 Å². The molecule has 9 heteroatoms. The number of rotatable bonds is 8. The zero-order valence-electron chi connectivity index (χ0n) is 15.4. The predicted octanol–water partition coefficient (Wildman–Crippen LogP) is 0.592. The Morgan fingerprint density at radius 1 is 1.19 bits per heavy atom. The minimum atomic E-state index is -3.01. The summed E-state index contributed by atoms with van der Waals surface area (Å²) in [5.41, 5.74) is 3.85. The third-order valence-corrected chi connectivity index (χ3v) is 6.24. The Kier molecular flexibility index (Phi) is 4.95. The molecule has 0 radical (unpaired) electrons. The van der Waals surface area contributed by atoms with E-state index in [0.29, 0.717) is 19.3 Å². The summed E-state index contributed by atoms with van der Waals surface area (Å²) in [4.78, 5) is 36.2. The summed E-state index contributed by atoms with van der Waals surface area (Å²) in [5.74, 6) is -6.74. The lowest BCUT2D eigenvalue weighted by atomic mass is 9.81. The van der Waals surface area contributed by atoms with E-state index < -0.39 is 53.7 Å². The average molecular weight is 387 g/mol. The number of aliphatic hydroxyl groups is 1. The van der Waals surface area contributed by atoms with Gasteiger partial charge in [0.05, 0.1) is 5.54 Å². The van der Waals surface area contributed by atoms with Crippen LogP contribution < -0.4 is 16.4 Å². The lowest BCUT2D eigenvalue weighted by Crippen LogP contribution is -2.57. The third-order valence-electron chi connectivity index (χ3n) is 6.24. The Morgan fingerprint density at radius 3 is 2.19 bits per heavy atom. The number of primary amides is 1. The number of alkyl halides is 2. The molecule has 3 rings (SSSR count). The van der Waals surface area contributed by atoms with E-state index in [4.69, 9.17) is 5.73 Å². The molecule has 0 heterocycles. The first kappa shape index (κ1) is 20.0. The number of nitrogens with one attached hydrogen (secondary N) is 2. The van der Waals surface area contributed by atoms with Crippen molar-refractivity contribution >= 4 is 17.7 Å². The molecule has 27 heavy (non-hydrogen) atoms. The van der Waals surface area contributed by atoms with Crippen LogP contribution in [0.5, 0.6) is 0 Å². The van der Waals surface area contributed by atoms with Crippen LogP contribution in [-0.4, -0.2) is 46.4 Å². The standard InChI is InChI=1S/C18H27F2N3O4/c1-16(4-2-3-5-16)9-11(22-14(26)10-8-18(10,19)20)15(27)23-17(6-7-17)12(24)13(21)25/h10-12,24H,2-9H2,1H3,(H2,21,25)(H,22,26)(H,23,27)/t10?,11-,12?/m0/s1. The average Bonchev–Trinajstić information content (AvgIpc) is 3.43. The summed E-state index contributed by atoms with van der Waals surface area (Å²) in [6.45, 7) is 2.02. The van der Waals surface area contributed by atoms with Crippen molar-refractivity contribution in [1.29, 1.82) is 0 Å². The van der Waals surface area contributed by atoms with E-state index in [1.807, 2.05) is 6.92 Å². The summed E-state index contributed by atoms with van der Waals surface area (Å²) in [5, 5.41) is 15.1. The molecule has 0 aromatic heterocycles. The smallest absolute Gasteiger partial charge is 0.260 e. The maximum atomic E-state index is 13.2. The Hall–Kier alpha value is -1.77. The molecule has 0 aromatic carbocycles. The van der Waals surface area contributed by atoms with Crippen LogP contribution in [0.3, 0.4) is 0 Å². The largest absolute Gasteiger partial charge is 0.381 e. The van der Waals surface area contributed by atoms with Gasteiger partial charge in [0, 0.05) is 6.42 Å². The van der Waals surface area contributed by atoms with E-state index >= 15 is 0 Å². The van der Waals surface area contributed by atoms with Gasteiger partial charge in [0.1, 0.15) is 12.0 Å². The number of halogens is 2. The van der Waals surface area contributed by atoms with E-state index in [-0.39, 0.29) is 5.41 Å². The maximum absolute atomic E-state index is 13.2. The van der Waals surface area contributed by atoms with Crippen molar-refractivity contribution in [3.05, 3.63) is 0 Å². The number of aliphatic hydroxyl groups excluding tert-OH is 1. The lowest BCUT2D eigenvalue weighted by molar-refractivity contribution is -0.134. The number of nitrogens with two attached hydrogens (primary N) is 1. The molecule has 0 aromatic rings. The molecule has 5 N–H and O–H groups in total. The van der Waals surface area contributed by atoms with Crippen LogP contribution in [0.1, 0.15) is 58.3 Å². The molecule has 0 saturated heterocycles. The van der Waals surface area contributed by atoms with E-state index in [9.17, 15) is 28.3 Å². The van der Waals surface area contributed by atoms with Gasteiger partial charge in [-0.05, 0) is 37.5 Å². The minimum Gasteiger partial charge on any atom is -0.381 e. The SMILES string of the molecule is CC1(C[C@H](NC(=O)C2CC2(F)F)C(=O)NC2(C(O)C(N)=O)CC2)CCCC1. The van der Waals surface area contributed by atoms with Gasteiger partial charge in [0.25, 0.3) is 5.92 Å². The second kappa shape index (κ2) is 6.68. The number of carbonyl (C=O) groups is 3. The van der Waals surface area contributed by atoms with Crippen LogP contribution in [0.15, 0.2) is 0 Å². The van der Waals surface area contributed by atoms with E-state index in [0.717, 1.165) is 25.7 Å². The van der Waals surface area contributed by atoms with Gasteiger partial charge in [0.15, 0.2) is 6.10 Å². The van der Waals surface area contributed by atoms with E-state index in [1.165, 1.54) is 0 Å². The highest BCUT2D eigenvalue weighted by Gasteiger charge is 2.62. The Bertz CT molecular complexity index is 645. The number of carbonyl (C=O) groups excluding carboxylic acids is 3. The highest BCUT2D eigenvalue weighted by Crippen LogP contribution is 2.49. The molecule has 7 nitrogen and oxygen atoms in total. The molecule has 3 fully saturated rings. The van der Waals surface area contributed by atoms with Crippen molar-refractivity contribution < 1.29 is 28.3 Å². The van der Waals surface area contributed by atoms with Crippen LogP contribution in [0.25, 0.3) is 0 Å². The highest BCUT2D eigenvalue weighted by molar-refractivity contribution is 5.91. The molecule has 0 bridgehead atoms. The summed E-state index contributed by atoms with van der Waals surface area (Å²) in [7, 11) is 0. The van der Waals surface area contributed by atoms with Crippen LogP contribution in [0.4, 0.5) is 8.78 Å².